The van der Waals surface area contributed by atoms with E-state index in [-0.39, 0.29) is 43.2 Å². The monoisotopic (exact) mass is 346 g/mol. The molecule has 0 aliphatic rings. The van der Waals surface area contributed by atoms with Crippen LogP contribution in [0.4, 0.5) is 5.69 Å². The molecule has 2 aromatic rings. The van der Waals surface area contributed by atoms with Crippen molar-refractivity contribution in [2.75, 3.05) is 19.0 Å². The normalized spacial score (nSPS) is 11.0. The van der Waals surface area contributed by atoms with E-state index in [2.05, 4.69) is 15.3 Å². The molecule has 1 atom stereocenters. The Balaban J connectivity index is 0.00000220. The molecule has 0 aliphatic carbocycles. The lowest BCUT2D eigenvalue weighted by Crippen LogP contribution is -2.28. The smallest absolute Gasteiger partial charge is 0.227 e. The zero-order valence-electron chi connectivity index (χ0n) is 12.1. The van der Waals surface area contributed by atoms with Crippen LogP contribution in [-0.4, -0.2) is 35.6 Å². The number of nitrogens with two attached hydrogens (primary N) is 1. The SMILES string of the molecule is COC(CN)CC(=O)Nc1cccc(-c2ncc[nH]2)c1.Cl.Cl. The molecular weight excluding hydrogens is 327 g/mol. The molecule has 0 fully saturated rings. The molecule has 0 spiro atoms. The molecule has 6 nitrogen and oxygen atoms in total. The van der Waals surface area contributed by atoms with Crippen LogP contribution in [-0.2, 0) is 9.53 Å². The van der Waals surface area contributed by atoms with Crippen LogP contribution >= 0.6 is 24.8 Å². The summed E-state index contributed by atoms with van der Waals surface area (Å²) in [6, 6.07) is 7.48. The first kappa shape index (κ1) is 20.4. The maximum Gasteiger partial charge on any atom is 0.227 e. The number of carbonyl (C=O) groups excluding carboxylic acids is 1. The Kier molecular flexibility index (Phi) is 9.44. The van der Waals surface area contributed by atoms with E-state index in [1.165, 1.54) is 0 Å². The van der Waals surface area contributed by atoms with Gasteiger partial charge in [0.05, 0.1) is 12.5 Å². The molecule has 1 unspecified atom stereocenters. The quantitative estimate of drug-likeness (QED) is 0.747. The maximum atomic E-state index is 11.9. The number of anilines is 1. The van der Waals surface area contributed by atoms with Crippen molar-refractivity contribution in [2.45, 2.75) is 12.5 Å². The minimum atomic E-state index is -0.261. The van der Waals surface area contributed by atoms with Gasteiger partial charge in [-0.2, -0.15) is 0 Å². The largest absolute Gasteiger partial charge is 0.380 e. The molecule has 1 aromatic carbocycles. The van der Waals surface area contributed by atoms with Gasteiger partial charge in [0.15, 0.2) is 0 Å². The van der Waals surface area contributed by atoms with Crippen molar-refractivity contribution in [3.05, 3.63) is 36.7 Å². The highest BCUT2D eigenvalue weighted by atomic mass is 35.5. The van der Waals surface area contributed by atoms with E-state index >= 15 is 0 Å². The molecule has 1 aromatic heterocycles. The number of amides is 1. The highest BCUT2D eigenvalue weighted by Gasteiger charge is 2.11. The molecule has 2 rings (SSSR count). The predicted molar refractivity (Wildman–Crippen MR) is 91.6 cm³/mol. The summed E-state index contributed by atoms with van der Waals surface area (Å²) in [6.07, 6.45) is 3.41. The molecule has 0 bridgehead atoms. The van der Waals surface area contributed by atoms with Crippen LogP contribution in [0.1, 0.15) is 6.42 Å². The van der Waals surface area contributed by atoms with Gasteiger partial charge in [-0.05, 0) is 12.1 Å². The summed E-state index contributed by atoms with van der Waals surface area (Å²) in [7, 11) is 1.54. The Morgan fingerprint density at radius 1 is 1.45 bits per heavy atom. The average Bonchev–Trinajstić information content (AvgIpc) is 2.99. The number of aromatic amines is 1. The van der Waals surface area contributed by atoms with Crippen LogP contribution in [0.15, 0.2) is 36.7 Å². The number of rotatable bonds is 6. The molecule has 1 amide bonds. The second-order valence-electron chi connectivity index (χ2n) is 4.36. The summed E-state index contributed by atoms with van der Waals surface area (Å²) < 4.78 is 5.09. The molecule has 0 radical (unpaired) electrons. The van der Waals surface area contributed by atoms with Gasteiger partial charge in [0.1, 0.15) is 5.82 Å². The number of nitrogens with zero attached hydrogens (tertiary/aromatic N) is 1. The highest BCUT2D eigenvalue weighted by molar-refractivity contribution is 5.91. The van der Waals surface area contributed by atoms with Crippen LogP contribution < -0.4 is 11.1 Å². The van der Waals surface area contributed by atoms with E-state index in [1.807, 2.05) is 24.3 Å². The zero-order valence-corrected chi connectivity index (χ0v) is 13.7. The maximum absolute atomic E-state index is 11.9. The van der Waals surface area contributed by atoms with E-state index in [0.717, 1.165) is 17.1 Å². The van der Waals surface area contributed by atoms with Crippen molar-refractivity contribution < 1.29 is 9.53 Å². The Morgan fingerprint density at radius 3 is 2.82 bits per heavy atom. The van der Waals surface area contributed by atoms with Gasteiger partial charge in [-0.15, -0.1) is 24.8 Å². The number of ether oxygens (including phenoxy) is 1. The van der Waals surface area contributed by atoms with Gasteiger partial charge < -0.3 is 20.8 Å². The van der Waals surface area contributed by atoms with Gasteiger partial charge in [-0.25, -0.2) is 4.98 Å². The standard InChI is InChI=1S/C14H18N4O2.2ClH/c1-20-12(9-15)8-13(19)18-11-4-2-3-10(7-11)14-16-5-6-17-14;;/h2-7,12H,8-9,15H2,1H3,(H,16,17)(H,18,19);2*1H. The molecule has 0 aliphatic heterocycles. The Morgan fingerprint density at radius 2 is 2.23 bits per heavy atom. The van der Waals surface area contributed by atoms with Gasteiger partial charge in [0, 0.05) is 37.3 Å². The predicted octanol–water partition coefficient (Wildman–Crippen LogP) is 2.22. The number of hydrogen-bond acceptors (Lipinski definition) is 4. The molecule has 4 N–H and O–H groups in total. The summed E-state index contributed by atoms with van der Waals surface area (Å²) in [5, 5.41) is 2.83. The number of benzene rings is 1. The van der Waals surface area contributed by atoms with Gasteiger partial charge in [0.2, 0.25) is 5.91 Å². The van der Waals surface area contributed by atoms with Crippen molar-refractivity contribution in [3.8, 4) is 11.4 Å². The fraction of sp³-hybridized carbons (Fsp3) is 0.286. The fourth-order valence-electron chi connectivity index (χ4n) is 1.85. The first-order valence-corrected chi connectivity index (χ1v) is 6.35. The Bertz CT molecular complexity index is 560. The van der Waals surface area contributed by atoms with Crippen LogP contribution in [0.5, 0.6) is 0 Å². The van der Waals surface area contributed by atoms with Crippen molar-refractivity contribution >= 4 is 36.4 Å². The Hall–Kier alpha value is -1.60. The minimum Gasteiger partial charge on any atom is -0.380 e. The number of halogens is 2. The number of imidazole rings is 1. The van der Waals surface area contributed by atoms with Gasteiger partial charge in [-0.1, -0.05) is 12.1 Å². The number of hydrogen-bond donors (Lipinski definition) is 3. The average molecular weight is 347 g/mol. The third kappa shape index (κ3) is 5.65. The van der Waals surface area contributed by atoms with Crippen molar-refractivity contribution in [3.63, 3.8) is 0 Å². The first-order valence-electron chi connectivity index (χ1n) is 6.35. The molecule has 0 saturated carbocycles. The van der Waals surface area contributed by atoms with Crippen LogP contribution in [0.25, 0.3) is 11.4 Å². The van der Waals surface area contributed by atoms with Crippen molar-refractivity contribution in [1.82, 2.24) is 9.97 Å². The van der Waals surface area contributed by atoms with E-state index < -0.39 is 0 Å². The molecule has 0 saturated heterocycles. The summed E-state index contributed by atoms with van der Waals surface area (Å²) in [4.78, 5) is 19.1. The second kappa shape index (κ2) is 10.2. The first-order chi connectivity index (χ1) is 9.72. The number of nitrogens with one attached hydrogen (secondary N) is 2. The molecule has 22 heavy (non-hydrogen) atoms. The van der Waals surface area contributed by atoms with Crippen molar-refractivity contribution in [1.29, 1.82) is 0 Å². The van der Waals surface area contributed by atoms with Gasteiger partial charge in [-0.3, -0.25) is 4.79 Å². The molecule has 1 heterocycles. The van der Waals surface area contributed by atoms with Gasteiger partial charge in [0.25, 0.3) is 0 Å². The van der Waals surface area contributed by atoms with Gasteiger partial charge >= 0.3 is 0 Å². The van der Waals surface area contributed by atoms with E-state index in [9.17, 15) is 4.79 Å². The summed E-state index contributed by atoms with van der Waals surface area (Å²) >= 11 is 0. The third-order valence-electron chi connectivity index (χ3n) is 2.93. The molecular formula is C14H20Cl2N4O2. The van der Waals surface area contributed by atoms with Crippen LogP contribution in [0.2, 0.25) is 0 Å². The minimum absolute atomic E-state index is 0. The summed E-state index contributed by atoms with van der Waals surface area (Å²) in [6.45, 7) is 0.316. The fourth-order valence-corrected chi connectivity index (χ4v) is 1.85. The van der Waals surface area contributed by atoms with E-state index in [4.69, 9.17) is 10.5 Å². The number of H-pyrrole nitrogens is 1. The lowest BCUT2D eigenvalue weighted by Gasteiger charge is -2.12. The number of carbonyl (C=O) groups is 1. The summed E-state index contributed by atoms with van der Waals surface area (Å²) in [5.74, 6) is 0.636. The topological polar surface area (TPSA) is 93.0 Å². The molecule has 122 valence electrons. The highest BCUT2D eigenvalue weighted by Crippen LogP contribution is 2.19. The summed E-state index contributed by atoms with van der Waals surface area (Å²) in [5.41, 5.74) is 7.13. The zero-order chi connectivity index (χ0) is 14.4. The second-order valence-corrected chi connectivity index (χ2v) is 4.36. The number of aromatic nitrogens is 2. The Labute approximate surface area is 141 Å². The third-order valence-corrected chi connectivity index (χ3v) is 2.93. The van der Waals surface area contributed by atoms with Crippen molar-refractivity contribution in [2.24, 2.45) is 5.73 Å². The van der Waals surface area contributed by atoms with Crippen LogP contribution in [0, 0.1) is 0 Å². The van der Waals surface area contributed by atoms with E-state index in [1.54, 1.807) is 19.5 Å². The number of methoxy groups -OCH3 is 1. The lowest BCUT2D eigenvalue weighted by atomic mass is 10.2. The van der Waals surface area contributed by atoms with Crippen LogP contribution in [0.3, 0.4) is 0 Å². The lowest BCUT2D eigenvalue weighted by molar-refractivity contribution is -0.118. The van der Waals surface area contributed by atoms with E-state index in [0.29, 0.717) is 6.54 Å². The molecule has 8 heteroatoms.